The molecular formula is C7H13N. The van der Waals surface area contributed by atoms with Crippen LogP contribution in [0.2, 0.25) is 0 Å². The molecule has 0 aliphatic carbocycles. The minimum Gasteiger partial charge on any atom is -0.308 e. The van der Waals surface area contributed by atoms with Gasteiger partial charge in [-0.2, -0.15) is 0 Å². The normalized spacial score (nSPS) is 12.2. The average molecular weight is 111 g/mol. The minimum atomic E-state index is 0.566. The predicted molar refractivity (Wildman–Crippen MR) is 37.4 cm³/mol. The van der Waals surface area contributed by atoms with E-state index in [9.17, 15) is 0 Å². The van der Waals surface area contributed by atoms with E-state index in [1.165, 1.54) is 6.21 Å². The molecule has 0 bridgehead atoms. The van der Waals surface area contributed by atoms with Crippen LogP contribution < -0.4 is 0 Å². The smallest absolute Gasteiger partial charge is 0.0203 e. The van der Waals surface area contributed by atoms with Crippen LogP contribution >= 0.6 is 0 Å². The fraction of sp³-hybridized carbons (Fsp3) is 0.571. The van der Waals surface area contributed by atoms with Gasteiger partial charge in [0.2, 0.25) is 0 Å². The van der Waals surface area contributed by atoms with Crippen molar-refractivity contribution in [3.05, 3.63) is 11.6 Å². The number of allylic oxidation sites excluding steroid dienone is 2. The van der Waals surface area contributed by atoms with Crippen LogP contribution in [0.4, 0.5) is 0 Å². The van der Waals surface area contributed by atoms with Gasteiger partial charge in [0, 0.05) is 6.21 Å². The van der Waals surface area contributed by atoms with E-state index in [4.69, 9.17) is 5.41 Å². The van der Waals surface area contributed by atoms with E-state index in [2.05, 4.69) is 19.9 Å². The Morgan fingerprint density at radius 1 is 1.50 bits per heavy atom. The summed E-state index contributed by atoms with van der Waals surface area (Å²) in [5.41, 5.74) is 1.04. The van der Waals surface area contributed by atoms with E-state index in [-0.39, 0.29) is 0 Å². The van der Waals surface area contributed by atoms with Crippen molar-refractivity contribution in [2.45, 2.75) is 20.8 Å². The van der Waals surface area contributed by atoms with E-state index in [0.717, 1.165) is 5.57 Å². The van der Waals surface area contributed by atoms with Gasteiger partial charge in [-0.05, 0) is 18.4 Å². The van der Waals surface area contributed by atoms with Gasteiger partial charge in [0.05, 0.1) is 0 Å². The fourth-order valence-corrected chi connectivity index (χ4v) is 0.574. The summed E-state index contributed by atoms with van der Waals surface area (Å²) in [6, 6.07) is 0. The van der Waals surface area contributed by atoms with Gasteiger partial charge in [-0.25, -0.2) is 0 Å². The molecule has 0 aromatic heterocycles. The summed E-state index contributed by atoms with van der Waals surface area (Å²) in [5.74, 6) is 0.566. The van der Waals surface area contributed by atoms with Crippen molar-refractivity contribution in [1.82, 2.24) is 0 Å². The number of rotatable bonds is 2. The molecular weight excluding hydrogens is 98.1 g/mol. The molecule has 0 saturated heterocycles. The first-order valence-electron chi connectivity index (χ1n) is 2.85. The molecule has 0 spiro atoms. The number of nitrogens with one attached hydrogen (secondary N) is 1. The molecule has 46 valence electrons. The zero-order chi connectivity index (χ0) is 6.57. The van der Waals surface area contributed by atoms with Gasteiger partial charge in [-0.15, -0.1) is 0 Å². The molecule has 1 N–H and O–H groups in total. The molecule has 0 fully saturated rings. The SMILES string of the molecule is CC(C=N)=CC(C)C. The highest BCUT2D eigenvalue weighted by Gasteiger charge is 1.85. The first-order chi connectivity index (χ1) is 3.66. The second kappa shape index (κ2) is 3.42. The first-order valence-corrected chi connectivity index (χ1v) is 2.85. The highest BCUT2D eigenvalue weighted by atomic mass is 14.3. The third-order valence-corrected chi connectivity index (χ3v) is 0.824. The maximum atomic E-state index is 6.81. The van der Waals surface area contributed by atoms with Gasteiger partial charge < -0.3 is 5.41 Å². The molecule has 8 heavy (non-hydrogen) atoms. The molecule has 0 aliphatic rings. The van der Waals surface area contributed by atoms with Crippen LogP contribution in [0.25, 0.3) is 0 Å². The molecule has 0 heterocycles. The molecule has 0 unspecified atom stereocenters. The maximum Gasteiger partial charge on any atom is 0.0203 e. The lowest BCUT2D eigenvalue weighted by atomic mass is 10.1. The standard InChI is InChI=1S/C7H13N/c1-6(2)4-7(3)5-8/h4-6,8H,1-3H3. The van der Waals surface area contributed by atoms with Crippen LogP contribution in [-0.4, -0.2) is 6.21 Å². The molecule has 0 aromatic carbocycles. The topological polar surface area (TPSA) is 23.9 Å². The Hall–Kier alpha value is -0.590. The van der Waals surface area contributed by atoms with E-state index in [1.807, 2.05) is 6.92 Å². The van der Waals surface area contributed by atoms with Crippen LogP contribution in [0.15, 0.2) is 11.6 Å². The Morgan fingerprint density at radius 3 is 2.12 bits per heavy atom. The van der Waals surface area contributed by atoms with Crippen LogP contribution in [-0.2, 0) is 0 Å². The number of hydrogen-bond donors (Lipinski definition) is 1. The third kappa shape index (κ3) is 3.59. The maximum absolute atomic E-state index is 6.81. The van der Waals surface area contributed by atoms with Gasteiger partial charge in [0.25, 0.3) is 0 Å². The Labute approximate surface area is 50.9 Å². The molecule has 0 radical (unpaired) electrons. The summed E-state index contributed by atoms with van der Waals surface area (Å²) in [6.07, 6.45) is 3.44. The molecule has 0 rings (SSSR count). The largest absolute Gasteiger partial charge is 0.308 e. The third-order valence-electron chi connectivity index (χ3n) is 0.824. The second-order valence-electron chi connectivity index (χ2n) is 2.30. The van der Waals surface area contributed by atoms with Crippen molar-refractivity contribution in [2.75, 3.05) is 0 Å². The van der Waals surface area contributed by atoms with E-state index < -0.39 is 0 Å². The first kappa shape index (κ1) is 7.41. The van der Waals surface area contributed by atoms with E-state index in [0.29, 0.717) is 5.92 Å². The molecule has 0 amide bonds. The van der Waals surface area contributed by atoms with E-state index in [1.54, 1.807) is 0 Å². The van der Waals surface area contributed by atoms with Gasteiger partial charge in [-0.1, -0.05) is 19.9 Å². The lowest BCUT2D eigenvalue weighted by Gasteiger charge is -1.93. The molecule has 0 aromatic rings. The predicted octanol–water partition coefficient (Wildman–Crippen LogP) is 2.24. The van der Waals surface area contributed by atoms with Crippen molar-refractivity contribution in [1.29, 1.82) is 5.41 Å². The van der Waals surface area contributed by atoms with Crippen LogP contribution in [0, 0.1) is 11.3 Å². The summed E-state index contributed by atoms with van der Waals surface area (Å²) in [7, 11) is 0. The summed E-state index contributed by atoms with van der Waals surface area (Å²) in [5, 5.41) is 6.81. The quantitative estimate of drug-likeness (QED) is 0.528. The van der Waals surface area contributed by atoms with Crippen LogP contribution in [0.1, 0.15) is 20.8 Å². The summed E-state index contributed by atoms with van der Waals surface area (Å²) in [4.78, 5) is 0. The Morgan fingerprint density at radius 2 is 2.00 bits per heavy atom. The average Bonchev–Trinajstić information content (AvgIpc) is 1.65. The van der Waals surface area contributed by atoms with Gasteiger partial charge in [0.15, 0.2) is 0 Å². The van der Waals surface area contributed by atoms with Crippen molar-refractivity contribution in [3.63, 3.8) is 0 Å². The van der Waals surface area contributed by atoms with Gasteiger partial charge in [0.1, 0.15) is 0 Å². The van der Waals surface area contributed by atoms with Crippen molar-refractivity contribution in [2.24, 2.45) is 5.92 Å². The fourth-order valence-electron chi connectivity index (χ4n) is 0.574. The number of hydrogen-bond acceptors (Lipinski definition) is 1. The summed E-state index contributed by atoms with van der Waals surface area (Å²) in [6.45, 7) is 6.15. The highest BCUT2D eigenvalue weighted by molar-refractivity contribution is 5.74. The summed E-state index contributed by atoms with van der Waals surface area (Å²) < 4.78 is 0. The summed E-state index contributed by atoms with van der Waals surface area (Å²) >= 11 is 0. The highest BCUT2D eigenvalue weighted by Crippen LogP contribution is 1.97. The molecule has 0 aliphatic heterocycles. The van der Waals surface area contributed by atoms with Crippen molar-refractivity contribution >= 4 is 6.21 Å². The lowest BCUT2D eigenvalue weighted by molar-refractivity contribution is 0.827. The second-order valence-corrected chi connectivity index (χ2v) is 2.30. The molecule has 1 heteroatoms. The molecule has 1 nitrogen and oxygen atoms in total. The monoisotopic (exact) mass is 111 g/mol. The van der Waals surface area contributed by atoms with Crippen molar-refractivity contribution in [3.8, 4) is 0 Å². The zero-order valence-electron chi connectivity index (χ0n) is 5.73. The molecule has 0 atom stereocenters. The van der Waals surface area contributed by atoms with Crippen LogP contribution in [0.5, 0.6) is 0 Å². The Bertz CT molecular complexity index is 101. The van der Waals surface area contributed by atoms with Gasteiger partial charge >= 0.3 is 0 Å². The molecule has 0 saturated carbocycles. The van der Waals surface area contributed by atoms with Crippen LogP contribution in [0.3, 0.4) is 0 Å². The van der Waals surface area contributed by atoms with E-state index >= 15 is 0 Å². The lowest BCUT2D eigenvalue weighted by Crippen LogP contribution is -1.82. The Balaban J connectivity index is 3.74. The van der Waals surface area contributed by atoms with Gasteiger partial charge in [-0.3, -0.25) is 0 Å². The zero-order valence-corrected chi connectivity index (χ0v) is 5.73. The van der Waals surface area contributed by atoms with Crippen molar-refractivity contribution < 1.29 is 0 Å². The minimum absolute atomic E-state index is 0.566. The Kier molecular flexibility index (Phi) is 3.16.